The number of hydrogen-bond donors (Lipinski definition) is 0. The molecule has 1 fully saturated rings. The first kappa shape index (κ1) is 15.8. The van der Waals surface area contributed by atoms with Crippen LogP contribution >= 0.6 is 11.3 Å². The van der Waals surface area contributed by atoms with E-state index in [1.165, 1.54) is 22.6 Å². The quantitative estimate of drug-likeness (QED) is 0.832. The molecule has 24 heavy (non-hydrogen) atoms. The molecule has 0 unspecified atom stereocenters. The molecule has 2 aromatic rings. The van der Waals surface area contributed by atoms with Crippen LogP contribution in [0.25, 0.3) is 0 Å². The first-order valence-electron chi connectivity index (χ1n) is 8.55. The topological polar surface area (TPSA) is 23.6 Å². The van der Waals surface area contributed by atoms with Gasteiger partial charge in [0.05, 0.1) is 0 Å². The summed E-state index contributed by atoms with van der Waals surface area (Å²) in [5, 5.41) is 2.19. The molecule has 3 heterocycles. The van der Waals surface area contributed by atoms with E-state index in [0.717, 1.165) is 45.4 Å². The van der Waals surface area contributed by atoms with E-state index in [2.05, 4.69) is 16.3 Å². The van der Waals surface area contributed by atoms with E-state index in [-0.39, 0.29) is 11.7 Å². The summed E-state index contributed by atoms with van der Waals surface area (Å²) in [4.78, 5) is 18.5. The van der Waals surface area contributed by atoms with Gasteiger partial charge < -0.3 is 4.90 Å². The fourth-order valence-corrected chi connectivity index (χ4v) is 4.68. The number of carbonyl (C=O) groups excluding carboxylic acids is 1. The number of carbonyl (C=O) groups is 1. The number of rotatable bonds is 2. The number of hydrogen-bond acceptors (Lipinski definition) is 3. The normalized spacial score (nSPS) is 19.3. The second-order valence-electron chi connectivity index (χ2n) is 6.62. The standard InChI is InChI=1S/C19H21FN2OS/c20-16-3-1-14(2-4-16)19(23)21-9-5-17(6-10-21)22-11-7-18-15(13-22)8-12-24-18/h1-4,8,12,17H,5-7,9-11,13H2. The van der Waals surface area contributed by atoms with E-state index in [9.17, 15) is 9.18 Å². The highest BCUT2D eigenvalue weighted by Crippen LogP contribution is 2.28. The lowest BCUT2D eigenvalue weighted by Crippen LogP contribution is -2.47. The Kier molecular flexibility index (Phi) is 4.37. The molecule has 3 nitrogen and oxygen atoms in total. The van der Waals surface area contributed by atoms with Gasteiger partial charge in [-0.1, -0.05) is 0 Å². The molecule has 2 aliphatic rings. The average molecular weight is 344 g/mol. The van der Waals surface area contributed by atoms with Crippen LogP contribution in [-0.2, 0) is 13.0 Å². The Morgan fingerprint density at radius 1 is 1.08 bits per heavy atom. The molecule has 5 heteroatoms. The molecule has 4 rings (SSSR count). The molecule has 0 radical (unpaired) electrons. The molecule has 0 atom stereocenters. The van der Waals surface area contributed by atoms with Crippen molar-refractivity contribution in [1.82, 2.24) is 9.80 Å². The van der Waals surface area contributed by atoms with Crippen LogP contribution < -0.4 is 0 Å². The van der Waals surface area contributed by atoms with E-state index in [0.29, 0.717) is 11.6 Å². The van der Waals surface area contributed by atoms with E-state index >= 15 is 0 Å². The molecule has 1 amide bonds. The van der Waals surface area contributed by atoms with E-state index in [1.807, 2.05) is 16.2 Å². The van der Waals surface area contributed by atoms with E-state index in [4.69, 9.17) is 0 Å². The summed E-state index contributed by atoms with van der Waals surface area (Å²) in [5.74, 6) is -0.282. The Balaban J connectivity index is 1.35. The molecule has 1 saturated heterocycles. The lowest BCUT2D eigenvalue weighted by Gasteiger charge is -2.40. The third-order valence-electron chi connectivity index (χ3n) is 5.20. The van der Waals surface area contributed by atoms with Crippen LogP contribution in [0.5, 0.6) is 0 Å². The minimum absolute atomic E-state index is 0.0206. The summed E-state index contributed by atoms with van der Waals surface area (Å²) >= 11 is 1.87. The molecule has 0 bridgehead atoms. The van der Waals surface area contributed by atoms with Gasteiger partial charge in [0, 0.05) is 42.7 Å². The van der Waals surface area contributed by atoms with Crippen molar-refractivity contribution >= 4 is 17.2 Å². The highest BCUT2D eigenvalue weighted by Gasteiger charge is 2.29. The number of thiophene rings is 1. The maximum absolute atomic E-state index is 13.0. The number of halogens is 1. The molecule has 0 aliphatic carbocycles. The maximum atomic E-state index is 13.0. The Morgan fingerprint density at radius 2 is 1.83 bits per heavy atom. The zero-order valence-corrected chi connectivity index (χ0v) is 14.4. The van der Waals surface area contributed by atoms with Gasteiger partial charge in [-0.2, -0.15) is 0 Å². The molecule has 0 saturated carbocycles. The molecule has 1 aromatic heterocycles. The van der Waals surface area contributed by atoms with Gasteiger partial charge in [0.25, 0.3) is 5.91 Å². The predicted molar refractivity (Wildman–Crippen MR) is 93.8 cm³/mol. The Morgan fingerprint density at radius 3 is 2.58 bits per heavy atom. The summed E-state index contributed by atoms with van der Waals surface area (Å²) in [7, 11) is 0. The highest BCUT2D eigenvalue weighted by atomic mass is 32.1. The van der Waals surface area contributed by atoms with Crippen LogP contribution in [0, 0.1) is 5.82 Å². The highest BCUT2D eigenvalue weighted by molar-refractivity contribution is 7.10. The molecule has 0 N–H and O–H groups in total. The SMILES string of the molecule is O=C(c1ccc(F)cc1)N1CCC(N2CCc3sccc3C2)CC1. The smallest absolute Gasteiger partial charge is 0.253 e. The molecule has 1 aromatic carbocycles. The molecule has 2 aliphatic heterocycles. The lowest BCUT2D eigenvalue weighted by atomic mass is 9.99. The van der Waals surface area contributed by atoms with Gasteiger partial charge >= 0.3 is 0 Å². The van der Waals surface area contributed by atoms with Crippen LogP contribution in [0.2, 0.25) is 0 Å². The Labute approximate surface area is 145 Å². The van der Waals surface area contributed by atoms with Gasteiger partial charge in [0.15, 0.2) is 0 Å². The predicted octanol–water partition coefficient (Wildman–Crippen LogP) is 3.55. The number of fused-ring (bicyclic) bond motifs is 1. The van der Waals surface area contributed by atoms with E-state index < -0.39 is 0 Å². The maximum Gasteiger partial charge on any atom is 0.253 e. The number of piperidine rings is 1. The van der Waals surface area contributed by atoms with Crippen molar-refractivity contribution in [3.05, 3.63) is 57.5 Å². The molecule has 126 valence electrons. The second-order valence-corrected chi connectivity index (χ2v) is 7.62. The van der Waals surface area contributed by atoms with Crippen molar-refractivity contribution in [1.29, 1.82) is 0 Å². The van der Waals surface area contributed by atoms with Gasteiger partial charge in [-0.25, -0.2) is 4.39 Å². The summed E-state index contributed by atoms with van der Waals surface area (Å²) in [6.45, 7) is 3.75. The molecular formula is C19H21FN2OS. The Bertz CT molecular complexity index is 719. The summed E-state index contributed by atoms with van der Waals surface area (Å²) in [6.07, 6.45) is 3.19. The fourth-order valence-electron chi connectivity index (χ4n) is 3.79. The monoisotopic (exact) mass is 344 g/mol. The van der Waals surface area contributed by atoms with Gasteiger partial charge in [-0.15, -0.1) is 11.3 Å². The van der Waals surface area contributed by atoms with Crippen molar-refractivity contribution in [2.75, 3.05) is 19.6 Å². The van der Waals surface area contributed by atoms with Crippen LogP contribution in [0.3, 0.4) is 0 Å². The fraction of sp³-hybridized carbons (Fsp3) is 0.421. The van der Waals surface area contributed by atoms with Gasteiger partial charge in [0.1, 0.15) is 5.82 Å². The summed E-state index contributed by atoms with van der Waals surface area (Å²) in [5.41, 5.74) is 2.06. The zero-order valence-electron chi connectivity index (χ0n) is 13.6. The molecular weight excluding hydrogens is 323 g/mol. The molecule has 0 spiro atoms. The zero-order chi connectivity index (χ0) is 16.5. The van der Waals surface area contributed by atoms with Crippen LogP contribution in [0.1, 0.15) is 33.6 Å². The van der Waals surface area contributed by atoms with Crippen molar-refractivity contribution < 1.29 is 9.18 Å². The third-order valence-corrected chi connectivity index (χ3v) is 6.22. The number of amides is 1. The van der Waals surface area contributed by atoms with Crippen molar-refractivity contribution in [3.8, 4) is 0 Å². The van der Waals surface area contributed by atoms with Gasteiger partial charge in [0.2, 0.25) is 0 Å². The average Bonchev–Trinajstić information content (AvgIpc) is 3.09. The first-order chi connectivity index (χ1) is 11.7. The Hall–Kier alpha value is -1.72. The van der Waals surface area contributed by atoms with E-state index in [1.54, 1.807) is 12.1 Å². The number of benzene rings is 1. The number of likely N-dealkylation sites (tertiary alicyclic amines) is 1. The first-order valence-corrected chi connectivity index (χ1v) is 9.43. The summed E-state index contributed by atoms with van der Waals surface area (Å²) in [6, 6.07) is 8.67. The second kappa shape index (κ2) is 6.65. The van der Waals surface area contributed by atoms with Crippen LogP contribution in [-0.4, -0.2) is 41.4 Å². The van der Waals surface area contributed by atoms with Crippen molar-refractivity contribution in [3.63, 3.8) is 0 Å². The third kappa shape index (κ3) is 3.10. The minimum atomic E-state index is -0.303. The van der Waals surface area contributed by atoms with Gasteiger partial charge in [-0.05, 0) is 60.5 Å². The largest absolute Gasteiger partial charge is 0.339 e. The lowest BCUT2D eigenvalue weighted by molar-refractivity contribution is 0.0600. The van der Waals surface area contributed by atoms with Crippen molar-refractivity contribution in [2.45, 2.75) is 31.8 Å². The number of nitrogens with zero attached hydrogens (tertiary/aromatic N) is 2. The van der Waals surface area contributed by atoms with Crippen molar-refractivity contribution in [2.24, 2.45) is 0 Å². The summed E-state index contributed by atoms with van der Waals surface area (Å²) < 4.78 is 13.0. The minimum Gasteiger partial charge on any atom is -0.339 e. The van der Waals surface area contributed by atoms with Crippen LogP contribution in [0.4, 0.5) is 4.39 Å². The van der Waals surface area contributed by atoms with Gasteiger partial charge in [-0.3, -0.25) is 9.69 Å². The van der Waals surface area contributed by atoms with Crippen LogP contribution in [0.15, 0.2) is 35.7 Å².